The van der Waals surface area contributed by atoms with Crippen LogP contribution >= 0.6 is 11.6 Å². The molecule has 114 valence electrons. The summed E-state index contributed by atoms with van der Waals surface area (Å²) in [6, 6.07) is 3.49. The lowest BCUT2D eigenvalue weighted by atomic mass is 10.2. The third-order valence-corrected chi connectivity index (χ3v) is 2.77. The lowest BCUT2D eigenvalue weighted by molar-refractivity contribution is -0.147. The number of hydrogen-bond acceptors (Lipinski definition) is 4. The number of carbonyl (C=O) groups is 3. The normalized spacial score (nSPS) is 11.5. The second-order valence-electron chi connectivity index (χ2n) is 4.28. The largest absolute Gasteiger partial charge is 0.482 e. The second kappa shape index (κ2) is 7.49. The molecule has 21 heavy (non-hydrogen) atoms. The van der Waals surface area contributed by atoms with Crippen LogP contribution < -0.4 is 10.1 Å². The van der Waals surface area contributed by atoms with Crippen molar-refractivity contribution in [2.75, 3.05) is 6.61 Å². The SMILES string of the molecule is Cc1ccc(Cl)c(OCC(=O)NC(CC(=O)O)C(=O)O)c1. The van der Waals surface area contributed by atoms with Gasteiger partial charge < -0.3 is 20.3 Å². The van der Waals surface area contributed by atoms with Crippen molar-refractivity contribution in [3.63, 3.8) is 0 Å². The minimum Gasteiger partial charge on any atom is -0.482 e. The third kappa shape index (κ3) is 5.70. The molecule has 0 aromatic heterocycles. The van der Waals surface area contributed by atoms with Gasteiger partial charge in [-0.25, -0.2) is 4.79 Å². The zero-order chi connectivity index (χ0) is 16.0. The molecule has 0 saturated heterocycles. The van der Waals surface area contributed by atoms with Gasteiger partial charge in [0.25, 0.3) is 5.91 Å². The number of carboxylic acids is 2. The molecule has 1 unspecified atom stereocenters. The number of hydrogen-bond donors (Lipinski definition) is 3. The topological polar surface area (TPSA) is 113 Å². The number of rotatable bonds is 7. The highest BCUT2D eigenvalue weighted by atomic mass is 35.5. The second-order valence-corrected chi connectivity index (χ2v) is 4.69. The molecule has 3 N–H and O–H groups in total. The van der Waals surface area contributed by atoms with Crippen LogP contribution in [-0.2, 0) is 14.4 Å². The number of halogens is 1. The Morgan fingerprint density at radius 3 is 2.57 bits per heavy atom. The maximum absolute atomic E-state index is 11.6. The molecular weight excluding hydrogens is 302 g/mol. The molecule has 0 bridgehead atoms. The number of benzene rings is 1. The van der Waals surface area contributed by atoms with E-state index in [0.717, 1.165) is 5.56 Å². The summed E-state index contributed by atoms with van der Waals surface area (Å²) in [6.07, 6.45) is -0.716. The molecule has 1 aromatic rings. The van der Waals surface area contributed by atoms with Gasteiger partial charge in [-0.2, -0.15) is 0 Å². The molecule has 0 fully saturated rings. The zero-order valence-electron chi connectivity index (χ0n) is 11.1. The van der Waals surface area contributed by atoms with Gasteiger partial charge in [0.15, 0.2) is 6.61 Å². The van der Waals surface area contributed by atoms with E-state index >= 15 is 0 Å². The maximum Gasteiger partial charge on any atom is 0.326 e. The molecule has 0 radical (unpaired) electrons. The fourth-order valence-corrected chi connectivity index (χ4v) is 1.65. The van der Waals surface area contributed by atoms with Gasteiger partial charge in [-0.3, -0.25) is 9.59 Å². The van der Waals surface area contributed by atoms with E-state index in [2.05, 4.69) is 5.32 Å². The third-order valence-electron chi connectivity index (χ3n) is 2.46. The summed E-state index contributed by atoms with van der Waals surface area (Å²) in [4.78, 5) is 32.9. The fourth-order valence-electron chi connectivity index (χ4n) is 1.48. The van der Waals surface area contributed by atoms with Gasteiger partial charge in [-0.1, -0.05) is 17.7 Å². The summed E-state index contributed by atoms with van der Waals surface area (Å²) in [6.45, 7) is 1.35. The number of ether oxygens (including phenoxy) is 1. The van der Waals surface area contributed by atoms with Gasteiger partial charge in [0, 0.05) is 0 Å². The van der Waals surface area contributed by atoms with Crippen LogP contribution in [0, 0.1) is 6.92 Å². The number of aryl methyl sites for hydroxylation is 1. The Hall–Kier alpha value is -2.28. The van der Waals surface area contributed by atoms with Crippen molar-refractivity contribution in [2.45, 2.75) is 19.4 Å². The van der Waals surface area contributed by atoms with Gasteiger partial charge in [0.1, 0.15) is 11.8 Å². The molecule has 1 atom stereocenters. The summed E-state index contributed by atoms with van der Waals surface area (Å²) in [5.74, 6) is -3.22. The molecular formula is C13H14ClNO6. The fraction of sp³-hybridized carbons (Fsp3) is 0.308. The van der Waals surface area contributed by atoms with Gasteiger partial charge in [-0.15, -0.1) is 0 Å². The first-order chi connectivity index (χ1) is 9.79. The van der Waals surface area contributed by atoms with E-state index < -0.39 is 36.9 Å². The summed E-state index contributed by atoms with van der Waals surface area (Å²) in [5.41, 5.74) is 0.879. The van der Waals surface area contributed by atoms with Crippen LogP contribution in [-0.4, -0.2) is 40.7 Å². The Kier molecular flexibility index (Phi) is 5.98. The highest BCUT2D eigenvalue weighted by Gasteiger charge is 2.23. The predicted molar refractivity (Wildman–Crippen MR) is 73.5 cm³/mol. The Bertz CT molecular complexity index is 560. The highest BCUT2D eigenvalue weighted by Crippen LogP contribution is 2.24. The van der Waals surface area contributed by atoms with Crippen molar-refractivity contribution in [1.82, 2.24) is 5.32 Å². The van der Waals surface area contributed by atoms with E-state index in [0.29, 0.717) is 5.02 Å². The van der Waals surface area contributed by atoms with Crippen LogP contribution in [0.3, 0.4) is 0 Å². The highest BCUT2D eigenvalue weighted by molar-refractivity contribution is 6.32. The van der Waals surface area contributed by atoms with E-state index in [1.807, 2.05) is 6.92 Å². The van der Waals surface area contributed by atoms with Crippen LogP contribution in [0.25, 0.3) is 0 Å². The van der Waals surface area contributed by atoms with Gasteiger partial charge >= 0.3 is 11.9 Å². The Morgan fingerprint density at radius 2 is 2.00 bits per heavy atom. The van der Waals surface area contributed by atoms with Gasteiger partial charge in [-0.05, 0) is 24.6 Å². The molecule has 7 nitrogen and oxygen atoms in total. The van der Waals surface area contributed by atoms with Crippen molar-refractivity contribution >= 4 is 29.4 Å². The molecule has 1 aromatic carbocycles. The van der Waals surface area contributed by atoms with E-state index in [1.54, 1.807) is 18.2 Å². The minimum atomic E-state index is -1.51. The van der Waals surface area contributed by atoms with Crippen molar-refractivity contribution in [2.24, 2.45) is 0 Å². The van der Waals surface area contributed by atoms with Gasteiger partial charge in [0.2, 0.25) is 0 Å². The lowest BCUT2D eigenvalue weighted by Crippen LogP contribution is -2.44. The molecule has 0 aliphatic rings. The van der Waals surface area contributed by atoms with Crippen LogP contribution in [0.2, 0.25) is 5.02 Å². The smallest absolute Gasteiger partial charge is 0.326 e. The van der Waals surface area contributed by atoms with Crippen molar-refractivity contribution in [3.8, 4) is 5.75 Å². The van der Waals surface area contributed by atoms with Crippen molar-refractivity contribution < 1.29 is 29.3 Å². The predicted octanol–water partition coefficient (Wildman–Crippen LogP) is 1.07. The van der Waals surface area contributed by atoms with E-state index in [4.69, 9.17) is 26.6 Å². The molecule has 0 aliphatic carbocycles. The average Bonchev–Trinajstić information content (AvgIpc) is 2.38. The number of carbonyl (C=O) groups excluding carboxylic acids is 1. The maximum atomic E-state index is 11.6. The average molecular weight is 316 g/mol. The number of amides is 1. The molecule has 0 heterocycles. The molecule has 0 aliphatic heterocycles. The number of carboxylic acid groups (broad SMARTS) is 2. The monoisotopic (exact) mass is 315 g/mol. The van der Waals surface area contributed by atoms with Crippen LogP contribution in [0.4, 0.5) is 0 Å². The Morgan fingerprint density at radius 1 is 1.33 bits per heavy atom. The van der Waals surface area contributed by atoms with Crippen molar-refractivity contribution in [3.05, 3.63) is 28.8 Å². The first kappa shape index (κ1) is 16.8. The van der Waals surface area contributed by atoms with Crippen molar-refractivity contribution in [1.29, 1.82) is 0 Å². The van der Waals surface area contributed by atoms with E-state index in [1.165, 1.54) is 0 Å². The summed E-state index contributed by atoms with van der Waals surface area (Å²) >= 11 is 5.88. The van der Waals surface area contributed by atoms with Crippen LogP contribution in [0.15, 0.2) is 18.2 Å². The van der Waals surface area contributed by atoms with Crippen LogP contribution in [0.5, 0.6) is 5.75 Å². The summed E-state index contributed by atoms with van der Waals surface area (Å²) < 4.78 is 5.18. The first-order valence-electron chi connectivity index (χ1n) is 5.92. The number of nitrogens with one attached hydrogen (secondary N) is 1. The quantitative estimate of drug-likeness (QED) is 0.693. The molecule has 8 heteroatoms. The molecule has 0 spiro atoms. The molecule has 1 amide bonds. The molecule has 1 rings (SSSR count). The van der Waals surface area contributed by atoms with E-state index in [-0.39, 0.29) is 5.75 Å². The Labute approximate surface area is 125 Å². The Balaban J connectivity index is 2.58. The summed E-state index contributed by atoms with van der Waals surface area (Å²) in [5, 5.41) is 19.7. The summed E-state index contributed by atoms with van der Waals surface area (Å²) in [7, 11) is 0. The minimum absolute atomic E-state index is 0.289. The standard InChI is InChI=1S/C13H14ClNO6/c1-7-2-3-8(14)10(4-7)21-6-11(16)15-9(13(19)20)5-12(17)18/h2-4,9H,5-6H2,1H3,(H,15,16)(H,17,18)(H,19,20). The van der Waals surface area contributed by atoms with Crippen LogP contribution in [0.1, 0.15) is 12.0 Å². The van der Waals surface area contributed by atoms with Gasteiger partial charge in [0.05, 0.1) is 11.4 Å². The first-order valence-corrected chi connectivity index (χ1v) is 6.30. The zero-order valence-corrected chi connectivity index (χ0v) is 11.9. The van der Waals surface area contributed by atoms with E-state index in [9.17, 15) is 14.4 Å². The molecule has 0 saturated carbocycles. The lowest BCUT2D eigenvalue weighted by Gasteiger charge is -2.13. The number of aliphatic carboxylic acids is 2.